The maximum atomic E-state index is 12.4. The molecule has 0 heterocycles. The molecule has 2 N–H and O–H groups in total. The van der Waals surface area contributed by atoms with E-state index in [1.807, 2.05) is 0 Å². The normalized spacial score (nSPS) is 25.2. The van der Waals surface area contributed by atoms with Crippen molar-refractivity contribution in [3.63, 3.8) is 0 Å². The molecule has 2 saturated carbocycles. The first-order valence-corrected chi connectivity index (χ1v) is 8.30. The molecule has 2 fully saturated rings. The number of methoxy groups -OCH3 is 1. The minimum Gasteiger partial charge on any atom is -0.495 e. The maximum Gasteiger partial charge on any atom is 0.224 e. The van der Waals surface area contributed by atoms with Crippen molar-refractivity contribution in [3.05, 3.63) is 18.2 Å². The number of amides is 2. The van der Waals surface area contributed by atoms with E-state index < -0.39 is 0 Å². The fraction of sp³-hybridized carbons (Fsp3) is 0.556. The van der Waals surface area contributed by atoms with E-state index in [0.29, 0.717) is 29.5 Å². The van der Waals surface area contributed by atoms with Gasteiger partial charge < -0.3 is 15.4 Å². The summed E-state index contributed by atoms with van der Waals surface area (Å²) in [5.74, 6) is 2.59. The number of rotatable bonds is 5. The maximum absolute atomic E-state index is 12.4. The zero-order valence-electron chi connectivity index (χ0n) is 13.7. The highest BCUT2D eigenvalue weighted by molar-refractivity contribution is 5.95. The largest absolute Gasteiger partial charge is 0.495 e. The van der Waals surface area contributed by atoms with Crippen molar-refractivity contribution in [2.75, 3.05) is 17.7 Å². The van der Waals surface area contributed by atoms with Gasteiger partial charge in [0.1, 0.15) is 5.75 Å². The van der Waals surface area contributed by atoms with Crippen molar-refractivity contribution < 1.29 is 14.3 Å². The molecule has 5 nitrogen and oxygen atoms in total. The first kappa shape index (κ1) is 15.8. The van der Waals surface area contributed by atoms with Gasteiger partial charge in [-0.25, -0.2) is 0 Å². The first-order chi connectivity index (χ1) is 11.0. The third-order valence-electron chi connectivity index (χ3n) is 5.13. The van der Waals surface area contributed by atoms with E-state index in [4.69, 9.17) is 4.74 Å². The number of fused-ring (bicyclic) bond motifs is 2. The Morgan fingerprint density at radius 1 is 1.22 bits per heavy atom. The molecule has 0 saturated heterocycles. The predicted octanol–water partition coefficient (Wildman–Crippen LogP) is 3.42. The molecule has 0 aliphatic heterocycles. The molecule has 3 rings (SSSR count). The topological polar surface area (TPSA) is 67.4 Å². The molecular formula is C18H24N2O3. The highest BCUT2D eigenvalue weighted by Gasteiger charge is 2.40. The highest BCUT2D eigenvalue weighted by Crippen LogP contribution is 2.49. The lowest BCUT2D eigenvalue weighted by molar-refractivity contribution is -0.117. The summed E-state index contributed by atoms with van der Waals surface area (Å²) in [5.41, 5.74) is 1.25. The van der Waals surface area contributed by atoms with Crippen molar-refractivity contribution >= 4 is 23.2 Å². The summed E-state index contributed by atoms with van der Waals surface area (Å²) in [6.07, 6.45) is 5.70. The molecule has 1 aromatic rings. The van der Waals surface area contributed by atoms with Crippen molar-refractivity contribution in [3.8, 4) is 5.75 Å². The molecule has 23 heavy (non-hydrogen) atoms. The summed E-state index contributed by atoms with van der Waals surface area (Å²) < 4.78 is 5.30. The number of nitrogens with one attached hydrogen (secondary N) is 2. The SMILES string of the molecule is COc1ccc(NC(C)=O)cc1NC(=O)C[C@@H]1C[C@H]2CC[C@H]1C2. The summed E-state index contributed by atoms with van der Waals surface area (Å²) >= 11 is 0. The fourth-order valence-corrected chi connectivity index (χ4v) is 4.15. The van der Waals surface area contributed by atoms with Gasteiger partial charge in [0.15, 0.2) is 0 Å². The minimum atomic E-state index is -0.144. The van der Waals surface area contributed by atoms with Gasteiger partial charge in [-0.3, -0.25) is 9.59 Å². The van der Waals surface area contributed by atoms with Crippen LogP contribution in [0, 0.1) is 17.8 Å². The first-order valence-electron chi connectivity index (χ1n) is 8.30. The van der Waals surface area contributed by atoms with Crippen molar-refractivity contribution in [1.29, 1.82) is 0 Å². The number of carbonyl (C=O) groups is 2. The number of ether oxygens (including phenoxy) is 1. The smallest absolute Gasteiger partial charge is 0.224 e. The van der Waals surface area contributed by atoms with E-state index in [0.717, 1.165) is 11.8 Å². The van der Waals surface area contributed by atoms with Crippen LogP contribution in [-0.4, -0.2) is 18.9 Å². The number of hydrogen-bond donors (Lipinski definition) is 2. The lowest BCUT2D eigenvalue weighted by atomic mass is 9.86. The van der Waals surface area contributed by atoms with Gasteiger partial charge in [0.05, 0.1) is 12.8 Å². The Labute approximate surface area is 136 Å². The van der Waals surface area contributed by atoms with Gasteiger partial charge in [-0.15, -0.1) is 0 Å². The molecule has 0 radical (unpaired) electrons. The third-order valence-corrected chi connectivity index (χ3v) is 5.13. The van der Waals surface area contributed by atoms with E-state index >= 15 is 0 Å². The fourth-order valence-electron chi connectivity index (χ4n) is 4.15. The van der Waals surface area contributed by atoms with Crippen LogP contribution in [0.5, 0.6) is 5.75 Å². The number of benzene rings is 1. The summed E-state index contributed by atoms with van der Waals surface area (Å²) in [6.45, 7) is 1.46. The summed E-state index contributed by atoms with van der Waals surface area (Å²) in [4.78, 5) is 23.6. The quantitative estimate of drug-likeness (QED) is 0.874. The Morgan fingerprint density at radius 3 is 2.65 bits per heavy atom. The van der Waals surface area contributed by atoms with Gasteiger partial charge in [0, 0.05) is 19.0 Å². The van der Waals surface area contributed by atoms with Crippen molar-refractivity contribution in [2.45, 2.75) is 39.0 Å². The van der Waals surface area contributed by atoms with Crippen LogP contribution in [0.1, 0.15) is 39.0 Å². The van der Waals surface area contributed by atoms with Crippen LogP contribution in [0.3, 0.4) is 0 Å². The van der Waals surface area contributed by atoms with Crippen LogP contribution in [0.15, 0.2) is 18.2 Å². The molecule has 0 unspecified atom stereocenters. The Bertz CT molecular complexity index is 614. The second kappa shape index (κ2) is 6.60. The van der Waals surface area contributed by atoms with E-state index in [2.05, 4.69) is 10.6 Å². The summed E-state index contributed by atoms with van der Waals surface area (Å²) in [6, 6.07) is 5.24. The Balaban J connectivity index is 1.65. The van der Waals surface area contributed by atoms with Crippen LogP contribution in [0.2, 0.25) is 0 Å². The van der Waals surface area contributed by atoms with Crippen LogP contribution < -0.4 is 15.4 Å². The summed E-state index contributed by atoms with van der Waals surface area (Å²) in [7, 11) is 1.57. The zero-order chi connectivity index (χ0) is 16.4. The standard InChI is InChI=1S/C18H24N2O3/c1-11(21)19-15-5-6-17(23-2)16(10-15)20-18(22)9-14-8-12-3-4-13(14)7-12/h5-6,10,12-14H,3-4,7-9H2,1-2H3,(H,19,21)(H,20,22)/t12-,13-,14-/m0/s1. The molecular weight excluding hydrogens is 292 g/mol. The van der Waals surface area contributed by atoms with Gasteiger partial charge in [-0.1, -0.05) is 6.42 Å². The van der Waals surface area contributed by atoms with Crippen LogP contribution in [0.4, 0.5) is 11.4 Å². The number of hydrogen-bond acceptors (Lipinski definition) is 3. The third kappa shape index (κ3) is 3.66. The summed E-state index contributed by atoms with van der Waals surface area (Å²) in [5, 5.41) is 5.67. The van der Waals surface area contributed by atoms with E-state index in [1.54, 1.807) is 25.3 Å². The molecule has 0 spiro atoms. The van der Waals surface area contributed by atoms with Gasteiger partial charge in [0.2, 0.25) is 11.8 Å². The van der Waals surface area contributed by atoms with Gasteiger partial charge in [-0.2, -0.15) is 0 Å². The monoisotopic (exact) mass is 316 g/mol. The van der Waals surface area contributed by atoms with Crippen molar-refractivity contribution in [1.82, 2.24) is 0 Å². The molecule has 5 heteroatoms. The van der Waals surface area contributed by atoms with Gasteiger partial charge >= 0.3 is 0 Å². The molecule has 2 bridgehead atoms. The predicted molar refractivity (Wildman–Crippen MR) is 89.5 cm³/mol. The molecule has 1 aromatic carbocycles. The molecule has 3 atom stereocenters. The number of carbonyl (C=O) groups excluding carboxylic acids is 2. The van der Waals surface area contributed by atoms with Crippen molar-refractivity contribution in [2.24, 2.45) is 17.8 Å². The molecule has 0 aromatic heterocycles. The lowest BCUT2D eigenvalue weighted by Crippen LogP contribution is -2.20. The van der Waals surface area contributed by atoms with E-state index in [9.17, 15) is 9.59 Å². The molecule has 124 valence electrons. The second-order valence-electron chi connectivity index (χ2n) is 6.78. The minimum absolute atomic E-state index is 0.0285. The Hall–Kier alpha value is -2.04. The molecule has 2 aliphatic carbocycles. The highest BCUT2D eigenvalue weighted by atomic mass is 16.5. The number of anilines is 2. The molecule has 2 aliphatic rings. The van der Waals surface area contributed by atoms with Crippen LogP contribution >= 0.6 is 0 Å². The van der Waals surface area contributed by atoms with E-state index in [-0.39, 0.29) is 11.8 Å². The van der Waals surface area contributed by atoms with Gasteiger partial charge in [-0.05, 0) is 55.2 Å². The average Bonchev–Trinajstić information content (AvgIpc) is 3.09. The average molecular weight is 316 g/mol. The van der Waals surface area contributed by atoms with Crippen LogP contribution in [-0.2, 0) is 9.59 Å². The Kier molecular flexibility index (Phi) is 4.55. The second-order valence-corrected chi connectivity index (χ2v) is 6.78. The lowest BCUT2D eigenvalue weighted by Gasteiger charge is -2.21. The van der Waals surface area contributed by atoms with Crippen LogP contribution in [0.25, 0.3) is 0 Å². The zero-order valence-corrected chi connectivity index (χ0v) is 13.7. The van der Waals surface area contributed by atoms with Gasteiger partial charge in [0.25, 0.3) is 0 Å². The molecule has 2 amide bonds. The Morgan fingerprint density at radius 2 is 2.04 bits per heavy atom. The van der Waals surface area contributed by atoms with E-state index in [1.165, 1.54) is 32.6 Å².